The first-order valence-corrected chi connectivity index (χ1v) is 4.27. The van der Waals surface area contributed by atoms with Crippen LogP contribution in [-0.2, 0) is 4.74 Å². The van der Waals surface area contributed by atoms with E-state index in [1.165, 1.54) is 12.1 Å². The number of amides is 1. The lowest BCUT2D eigenvalue weighted by molar-refractivity contribution is 0.199. The highest BCUT2D eigenvalue weighted by Crippen LogP contribution is 2.19. The Balaban J connectivity index is 3.31. The Bertz CT molecular complexity index is 552. The maximum Gasteiger partial charge on any atom is 0.411 e. The fraction of sp³-hybridized carbons (Fsp3) is 0. The summed E-state index contributed by atoms with van der Waals surface area (Å²) in [5, 5.41) is 28.7. The molecule has 6 nitrogen and oxygen atoms in total. The lowest BCUT2D eigenvalue weighted by Gasteiger charge is -2.05. The maximum absolute atomic E-state index is 10.9. The van der Waals surface area contributed by atoms with Crippen molar-refractivity contribution in [3.8, 4) is 18.2 Å². The summed E-state index contributed by atoms with van der Waals surface area (Å²) >= 11 is 0. The van der Waals surface area contributed by atoms with Crippen molar-refractivity contribution in [2.75, 3.05) is 5.32 Å². The van der Waals surface area contributed by atoms with Gasteiger partial charge in [-0.05, 0) is 12.1 Å². The fourth-order valence-corrected chi connectivity index (χ4v) is 1.17. The molecule has 0 heterocycles. The Morgan fingerprint density at radius 3 is 2.06 bits per heavy atom. The van der Waals surface area contributed by atoms with Gasteiger partial charge in [-0.2, -0.15) is 15.8 Å². The van der Waals surface area contributed by atoms with E-state index in [9.17, 15) is 4.79 Å². The molecule has 0 unspecified atom stereocenters. The van der Waals surface area contributed by atoms with Gasteiger partial charge < -0.3 is 4.74 Å². The van der Waals surface area contributed by atoms with Crippen molar-refractivity contribution in [3.63, 3.8) is 0 Å². The summed E-state index contributed by atoms with van der Waals surface area (Å²) in [5.41, 5.74) is 0.172. The van der Waals surface area contributed by atoms with E-state index in [0.29, 0.717) is 0 Å². The molecule has 17 heavy (non-hydrogen) atoms. The Kier molecular flexibility index (Phi) is 3.65. The van der Waals surface area contributed by atoms with Crippen LogP contribution in [0, 0.1) is 41.1 Å². The average Bonchev–Trinajstić information content (AvgIpc) is 2.37. The van der Waals surface area contributed by atoms with Crippen LogP contribution in [0.3, 0.4) is 0 Å². The molecule has 0 aromatic heterocycles. The maximum atomic E-state index is 10.9. The number of carbonyl (C=O) groups is 1. The Morgan fingerprint density at radius 2 is 1.71 bits per heavy atom. The van der Waals surface area contributed by atoms with Crippen molar-refractivity contribution in [2.45, 2.75) is 0 Å². The number of hydrogen-bond acceptors (Lipinski definition) is 5. The molecule has 1 aromatic rings. The molecule has 0 aliphatic heterocycles. The van der Waals surface area contributed by atoms with Crippen LogP contribution >= 0.6 is 0 Å². The fourth-order valence-electron chi connectivity index (χ4n) is 1.17. The Labute approximate surface area is 97.3 Å². The molecule has 1 N–H and O–H groups in total. The van der Waals surface area contributed by atoms with Crippen LogP contribution in [0.1, 0.15) is 16.7 Å². The van der Waals surface area contributed by atoms with Gasteiger partial charge in [0.05, 0.1) is 16.7 Å². The van der Waals surface area contributed by atoms with Crippen LogP contribution in [0.25, 0.3) is 0 Å². The third kappa shape index (κ3) is 2.50. The van der Waals surface area contributed by atoms with Gasteiger partial charge in [0, 0.05) is 5.69 Å². The van der Waals surface area contributed by atoms with Gasteiger partial charge in [0.25, 0.3) is 0 Å². The molecule has 0 aliphatic rings. The van der Waals surface area contributed by atoms with Crippen molar-refractivity contribution < 1.29 is 9.53 Å². The van der Waals surface area contributed by atoms with Gasteiger partial charge in [-0.1, -0.05) is 0 Å². The summed E-state index contributed by atoms with van der Waals surface area (Å²) < 4.78 is 4.13. The molecule has 1 rings (SSSR count). The van der Waals surface area contributed by atoms with Gasteiger partial charge in [-0.25, -0.2) is 4.79 Å². The number of hydrogen-bond donors (Lipinski definition) is 1. The number of carbonyl (C=O) groups excluding carboxylic acids is 1. The molecule has 0 saturated heterocycles. The van der Waals surface area contributed by atoms with E-state index < -0.39 is 6.09 Å². The zero-order valence-corrected chi connectivity index (χ0v) is 8.52. The first kappa shape index (κ1) is 12.0. The van der Waals surface area contributed by atoms with Gasteiger partial charge in [-0.15, -0.1) is 0 Å². The molecule has 0 bridgehead atoms. The lowest BCUT2D eigenvalue weighted by Crippen LogP contribution is -2.10. The number of benzene rings is 1. The number of nitrogens with zero attached hydrogens (tertiary/aromatic N) is 3. The third-order valence-electron chi connectivity index (χ3n) is 1.87. The van der Waals surface area contributed by atoms with Crippen LogP contribution in [0.5, 0.6) is 0 Å². The molecule has 1 amide bonds. The van der Waals surface area contributed by atoms with E-state index >= 15 is 0 Å². The number of anilines is 1. The van der Waals surface area contributed by atoms with Crippen LogP contribution in [0.15, 0.2) is 12.1 Å². The van der Waals surface area contributed by atoms with E-state index in [1.54, 1.807) is 18.2 Å². The summed E-state index contributed by atoms with van der Waals surface area (Å²) in [6.45, 7) is 0. The Hall–Kier alpha value is -3.04. The summed E-state index contributed by atoms with van der Waals surface area (Å²) in [4.78, 5) is 10.9. The smallest absolute Gasteiger partial charge is 0.411 e. The molecule has 1 aromatic carbocycles. The normalized spacial score (nSPS) is 8.35. The van der Waals surface area contributed by atoms with Crippen molar-refractivity contribution in [1.82, 2.24) is 0 Å². The quantitative estimate of drug-likeness (QED) is 0.781. The monoisotopic (exact) mass is 225 g/mol. The van der Waals surface area contributed by atoms with E-state index in [-0.39, 0.29) is 22.4 Å². The molecule has 1 radical (unpaired) electrons. The van der Waals surface area contributed by atoms with E-state index in [0.717, 1.165) is 0 Å². The summed E-state index contributed by atoms with van der Waals surface area (Å²) in [6, 6.07) is 7.85. The zero-order valence-electron chi connectivity index (χ0n) is 8.52. The number of nitrogens with one attached hydrogen (secondary N) is 1. The Morgan fingerprint density at radius 1 is 1.18 bits per heavy atom. The molecule has 0 saturated carbocycles. The highest BCUT2D eigenvalue weighted by atomic mass is 16.5. The van der Waals surface area contributed by atoms with Crippen molar-refractivity contribution in [3.05, 3.63) is 35.9 Å². The molecule has 0 atom stereocenters. The summed E-state index contributed by atoms with van der Waals surface area (Å²) in [5.74, 6) is 0. The molecule has 0 fully saturated rings. The molecule has 6 heteroatoms. The van der Waals surface area contributed by atoms with Crippen molar-refractivity contribution in [1.29, 1.82) is 15.8 Å². The number of ether oxygens (including phenoxy) is 1. The second-order valence-corrected chi connectivity index (χ2v) is 2.84. The first-order chi connectivity index (χ1) is 8.15. The van der Waals surface area contributed by atoms with E-state index in [4.69, 9.17) is 15.8 Å². The molecular formula is C11H5N4O2. The minimum Gasteiger partial charge on any atom is -0.446 e. The molecular weight excluding hydrogens is 220 g/mol. The first-order valence-electron chi connectivity index (χ1n) is 4.27. The van der Waals surface area contributed by atoms with Gasteiger partial charge >= 0.3 is 6.09 Å². The molecule has 0 aliphatic carbocycles. The third-order valence-corrected chi connectivity index (χ3v) is 1.87. The largest absolute Gasteiger partial charge is 0.446 e. The minimum atomic E-state index is -0.831. The zero-order chi connectivity index (χ0) is 12.8. The van der Waals surface area contributed by atoms with Crippen LogP contribution in [0.2, 0.25) is 0 Å². The van der Waals surface area contributed by atoms with Gasteiger partial charge in [-0.3, -0.25) is 5.32 Å². The van der Waals surface area contributed by atoms with Crippen LogP contribution in [0.4, 0.5) is 10.5 Å². The highest BCUT2D eigenvalue weighted by molar-refractivity contribution is 5.85. The minimum absolute atomic E-state index is 0.00547. The van der Waals surface area contributed by atoms with E-state index in [2.05, 4.69) is 17.2 Å². The predicted molar refractivity (Wildman–Crippen MR) is 56.0 cm³/mol. The highest BCUT2D eigenvalue weighted by Gasteiger charge is 2.11. The number of nitriles is 3. The van der Waals surface area contributed by atoms with Crippen LogP contribution in [-0.4, -0.2) is 6.09 Å². The van der Waals surface area contributed by atoms with Gasteiger partial charge in [0.2, 0.25) is 0 Å². The van der Waals surface area contributed by atoms with Crippen molar-refractivity contribution in [2.24, 2.45) is 0 Å². The second-order valence-electron chi connectivity index (χ2n) is 2.84. The standard InChI is InChI=1S/C11H5N4O2/c1-17-11(16)15-9-2-7(4-12)10(6-14)8(3-9)5-13/h2-3H,1H2,(H,15,16). The molecule has 0 spiro atoms. The van der Waals surface area contributed by atoms with E-state index in [1.807, 2.05) is 0 Å². The average molecular weight is 225 g/mol. The SMILES string of the molecule is [CH2]OC(=O)Nc1cc(C#N)c(C#N)c(C#N)c1. The summed E-state index contributed by atoms with van der Waals surface area (Å²) in [6.07, 6.45) is -0.831. The topological polar surface area (TPSA) is 110 Å². The summed E-state index contributed by atoms with van der Waals surface area (Å²) in [7, 11) is 2.91. The lowest BCUT2D eigenvalue weighted by atomic mass is 10.0. The number of rotatable bonds is 1. The molecule has 81 valence electrons. The van der Waals surface area contributed by atoms with Gasteiger partial charge in [0.1, 0.15) is 25.3 Å². The second kappa shape index (κ2) is 5.16. The van der Waals surface area contributed by atoms with Crippen molar-refractivity contribution >= 4 is 11.8 Å². The van der Waals surface area contributed by atoms with Crippen LogP contribution < -0.4 is 5.32 Å². The van der Waals surface area contributed by atoms with Gasteiger partial charge in [0.15, 0.2) is 0 Å². The predicted octanol–water partition coefficient (Wildman–Crippen LogP) is 1.64.